The Hall–Kier alpha value is -0.0800. The molecule has 0 spiro atoms. The highest BCUT2D eigenvalue weighted by Crippen LogP contribution is 2.16. The summed E-state index contributed by atoms with van der Waals surface area (Å²) in [6, 6.07) is 0.817. The third kappa shape index (κ3) is 5.31. The van der Waals surface area contributed by atoms with Crippen LogP contribution in [0.2, 0.25) is 0 Å². The molecule has 2 nitrogen and oxygen atoms in total. The molecule has 1 fully saturated rings. The molecule has 0 aromatic rings. The van der Waals surface area contributed by atoms with E-state index in [-0.39, 0.29) is 0 Å². The van der Waals surface area contributed by atoms with E-state index in [4.69, 9.17) is 0 Å². The average Bonchev–Trinajstić information content (AvgIpc) is 2.33. The fourth-order valence-electron chi connectivity index (χ4n) is 2.52. The molecule has 1 heterocycles. The van der Waals surface area contributed by atoms with Crippen LogP contribution in [-0.2, 0) is 0 Å². The van der Waals surface area contributed by atoms with Gasteiger partial charge in [0.05, 0.1) is 0 Å². The standard InChI is InChI=1S/C14H30N2/c1-3-5-10-15-13-14-9-7-8-12-16(14)11-6-4-2/h14-15H,3-13H2,1-2H3/t14-/m1/s1. The summed E-state index contributed by atoms with van der Waals surface area (Å²) in [4.78, 5) is 2.71. The van der Waals surface area contributed by atoms with Gasteiger partial charge < -0.3 is 5.32 Å². The van der Waals surface area contributed by atoms with Gasteiger partial charge in [0.15, 0.2) is 0 Å². The van der Waals surface area contributed by atoms with Crippen LogP contribution in [0.5, 0.6) is 0 Å². The Morgan fingerprint density at radius 1 is 1.12 bits per heavy atom. The smallest absolute Gasteiger partial charge is 0.0220 e. The van der Waals surface area contributed by atoms with Crippen LogP contribution in [0, 0.1) is 0 Å². The monoisotopic (exact) mass is 226 g/mol. The summed E-state index contributed by atoms with van der Waals surface area (Å²) in [7, 11) is 0. The molecule has 0 unspecified atom stereocenters. The van der Waals surface area contributed by atoms with Crippen molar-refractivity contribution < 1.29 is 0 Å². The molecule has 0 aliphatic carbocycles. The van der Waals surface area contributed by atoms with Gasteiger partial charge in [0, 0.05) is 12.6 Å². The minimum absolute atomic E-state index is 0.817. The van der Waals surface area contributed by atoms with E-state index in [2.05, 4.69) is 24.1 Å². The number of likely N-dealkylation sites (tertiary alicyclic amines) is 1. The lowest BCUT2D eigenvalue weighted by Crippen LogP contribution is -2.45. The van der Waals surface area contributed by atoms with E-state index >= 15 is 0 Å². The first kappa shape index (κ1) is 14.0. The van der Waals surface area contributed by atoms with E-state index in [9.17, 15) is 0 Å². The van der Waals surface area contributed by atoms with E-state index < -0.39 is 0 Å². The first-order valence-corrected chi connectivity index (χ1v) is 7.33. The summed E-state index contributed by atoms with van der Waals surface area (Å²) in [6.07, 6.45) is 9.57. The summed E-state index contributed by atoms with van der Waals surface area (Å²) in [6.45, 7) is 9.61. The summed E-state index contributed by atoms with van der Waals surface area (Å²) in [5.74, 6) is 0. The Morgan fingerprint density at radius 3 is 2.69 bits per heavy atom. The third-order valence-electron chi connectivity index (χ3n) is 3.64. The van der Waals surface area contributed by atoms with Crippen molar-refractivity contribution in [3.63, 3.8) is 0 Å². The molecular weight excluding hydrogens is 196 g/mol. The molecule has 0 saturated carbocycles. The molecule has 0 amide bonds. The molecule has 1 aliphatic heterocycles. The van der Waals surface area contributed by atoms with Gasteiger partial charge in [-0.15, -0.1) is 0 Å². The summed E-state index contributed by atoms with van der Waals surface area (Å²) in [5, 5.41) is 3.62. The second kappa shape index (κ2) is 9.00. The molecule has 16 heavy (non-hydrogen) atoms. The van der Waals surface area contributed by atoms with Crippen LogP contribution in [0.1, 0.15) is 58.8 Å². The first-order chi connectivity index (χ1) is 7.88. The van der Waals surface area contributed by atoms with Crippen molar-refractivity contribution in [3.05, 3.63) is 0 Å². The molecule has 0 aromatic carbocycles. The third-order valence-corrected chi connectivity index (χ3v) is 3.64. The highest BCUT2D eigenvalue weighted by atomic mass is 15.2. The zero-order valence-electron chi connectivity index (χ0n) is 11.3. The normalized spacial score (nSPS) is 22.5. The quantitative estimate of drug-likeness (QED) is 0.640. The largest absolute Gasteiger partial charge is 0.315 e. The molecule has 0 bridgehead atoms. The molecule has 1 aliphatic rings. The van der Waals surface area contributed by atoms with Crippen LogP contribution < -0.4 is 5.32 Å². The van der Waals surface area contributed by atoms with Crippen LogP contribution >= 0.6 is 0 Å². The van der Waals surface area contributed by atoms with Gasteiger partial charge in [-0.1, -0.05) is 33.1 Å². The van der Waals surface area contributed by atoms with Gasteiger partial charge in [-0.2, -0.15) is 0 Å². The molecule has 0 aromatic heterocycles. The lowest BCUT2D eigenvalue weighted by molar-refractivity contribution is 0.143. The fraction of sp³-hybridized carbons (Fsp3) is 1.00. The number of nitrogens with one attached hydrogen (secondary N) is 1. The first-order valence-electron chi connectivity index (χ1n) is 7.33. The topological polar surface area (TPSA) is 15.3 Å². The predicted molar refractivity (Wildman–Crippen MR) is 71.9 cm³/mol. The number of hydrogen-bond acceptors (Lipinski definition) is 2. The SMILES string of the molecule is CCCCNC[C@H]1CCCCN1CCCC. The van der Waals surface area contributed by atoms with Crippen LogP contribution in [0.15, 0.2) is 0 Å². The Labute approximate surface area is 102 Å². The van der Waals surface area contributed by atoms with Gasteiger partial charge in [-0.3, -0.25) is 4.90 Å². The second-order valence-electron chi connectivity index (χ2n) is 5.10. The number of hydrogen-bond donors (Lipinski definition) is 1. The Bertz CT molecular complexity index is 159. The van der Waals surface area contributed by atoms with Crippen molar-refractivity contribution >= 4 is 0 Å². The van der Waals surface area contributed by atoms with Crippen LogP contribution in [0.25, 0.3) is 0 Å². The predicted octanol–water partition coefficient (Wildman–Crippen LogP) is 3.03. The lowest BCUT2D eigenvalue weighted by atomic mass is 10.0. The van der Waals surface area contributed by atoms with Crippen molar-refractivity contribution in [1.82, 2.24) is 10.2 Å². The van der Waals surface area contributed by atoms with Crippen molar-refractivity contribution in [3.8, 4) is 0 Å². The minimum Gasteiger partial charge on any atom is -0.315 e. The fourth-order valence-corrected chi connectivity index (χ4v) is 2.52. The Balaban J connectivity index is 2.18. The maximum atomic E-state index is 3.62. The van der Waals surface area contributed by atoms with Gasteiger partial charge in [-0.05, 0) is 45.3 Å². The number of unbranched alkanes of at least 4 members (excludes halogenated alkanes) is 2. The lowest BCUT2D eigenvalue weighted by Gasteiger charge is -2.36. The minimum atomic E-state index is 0.817. The Morgan fingerprint density at radius 2 is 1.94 bits per heavy atom. The Kier molecular flexibility index (Phi) is 7.87. The molecule has 1 rings (SSSR count). The zero-order chi connectivity index (χ0) is 11.6. The van der Waals surface area contributed by atoms with Crippen molar-refractivity contribution in [2.75, 3.05) is 26.2 Å². The molecule has 1 N–H and O–H groups in total. The van der Waals surface area contributed by atoms with Gasteiger partial charge in [0.25, 0.3) is 0 Å². The van der Waals surface area contributed by atoms with Gasteiger partial charge in [0.1, 0.15) is 0 Å². The van der Waals surface area contributed by atoms with E-state index in [1.807, 2.05) is 0 Å². The highest BCUT2D eigenvalue weighted by Gasteiger charge is 2.20. The number of rotatable bonds is 8. The second-order valence-corrected chi connectivity index (χ2v) is 5.10. The van der Waals surface area contributed by atoms with Crippen LogP contribution in [0.4, 0.5) is 0 Å². The number of nitrogens with zero attached hydrogens (tertiary/aromatic N) is 1. The summed E-state index contributed by atoms with van der Waals surface area (Å²) < 4.78 is 0. The average molecular weight is 226 g/mol. The van der Waals surface area contributed by atoms with Gasteiger partial charge in [0.2, 0.25) is 0 Å². The van der Waals surface area contributed by atoms with Crippen molar-refractivity contribution in [2.45, 2.75) is 64.8 Å². The van der Waals surface area contributed by atoms with Crippen LogP contribution in [-0.4, -0.2) is 37.1 Å². The van der Waals surface area contributed by atoms with Crippen molar-refractivity contribution in [1.29, 1.82) is 0 Å². The van der Waals surface area contributed by atoms with E-state index in [0.717, 1.165) is 6.04 Å². The molecule has 1 atom stereocenters. The molecule has 96 valence electrons. The highest BCUT2D eigenvalue weighted by molar-refractivity contribution is 4.78. The van der Waals surface area contributed by atoms with Crippen molar-refractivity contribution in [2.24, 2.45) is 0 Å². The maximum Gasteiger partial charge on any atom is 0.0220 e. The molecule has 2 heteroatoms. The molecular formula is C14H30N2. The summed E-state index contributed by atoms with van der Waals surface area (Å²) >= 11 is 0. The summed E-state index contributed by atoms with van der Waals surface area (Å²) in [5.41, 5.74) is 0. The molecule has 0 radical (unpaired) electrons. The molecule has 1 saturated heterocycles. The van der Waals surface area contributed by atoms with Gasteiger partial charge in [-0.25, -0.2) is 0 Å². The van der Waals surface area contributed by atoms with Crippen LogP contribution in [0.3, 0.4) is 0 Å². The maximum absolute atomic E-state index is 3.62. The van der Waals surface area contributed by atoms with E-state index in [0.29, 0.717) is 0 Å². The zero-order valence-corrected chi connectivity index (χ0v) is 11.3. The number of piperidine rings is 1. The van der Waals surface area contributed by atoms with E-state index in [1.54, 1.807) is 0 Å². The van der Waals surface area contributed by atoms with E-state index in [1.165, 1.54) is 71.1 Å². The van der Waals surface area contributed by atoms with Gasteiger partial charge >= 0.3 is 0 Å².